The van der Waals surface area contributed by atoms with E-state index in [1.165, 1.54) is 31.4 Å². The second-order valence-corrected chi connectivity index (χ2v) is 13.7. The molecule has 2 aliphatic rings. The number of sulfonamides is 1. The molecular weight excluding hydrogens is 657 g/mol. The molecule has 15 heteroatoms. The molecule has 3 aromatic rings. The first-order valence-electron chi connectivity index (χ1n) is 13.9. The van der Waals surface area contributed by atoms with Gasteiger partial charge in [-0.05, 0) is 67.0 Å². The highest BCUT2D eigenvalue weighted by atomic mass is 35.5. The Morgan fingerprint density at radius 3 is 2.33 bits per heavy atom. The molecule has 242 valence electrons. The molecule has 45 heavy (non-hydrogen) atoms. The van der Waals surface area contributed by atoms with Crippen LogP contribution in [-0.2, 0) is 31.4 Å². The van der Waals surface area contributed by atoms with E-state index in [1.807, 2.05) is 0 Å². The van der Waals surface area contributed by atoms with E-state index in [0.717, 1.165) is 31.5 Å². The van der Waals surface area contributed by atoms with Gasteiger partial charge in [-0.3, -0.25) is 9.52 Å². The van der Waals surface area contributed by atoms with E-state index in [2.05, 4.69) is 9.46 Å². The molecule has 2 saturated carbocycles. The average molecular weight is 688 g/mol. The Labute approximate surface area is 268 Å². The number of carbonyl (C=O) groups is 1. The number of benzene rings is 2. The third-order valence-corrected chi connectivity index (χ3v) is 8.85. The zero-order valence-electron chi connectivity index (χ0n) is 24.2. The van der Waals surface area contributed by atoms with Crippen LogP contribution < -0.4 is 23.7 Å². The fourth-order valence-corrected chi connectivity index (χ4v) is 6.08. The van der Waals surface area contributed by atoms with Crippen LogP contribution in [0, 0.1) is 11.1 Å². The van der Waals surface area contributed by atoms with E-state index >= 15 is 0 Å². The zero-order valence-corrected chi connectivity index (χ0v) is 26.6. The number of halogens is 4. The van der Waals surface area contributed by atoms with Gasteiger partial charge in [0, 0.05) is 12.0 Å². The number of hydrogen-bond acceptors (Lipinski definition) is 8. The molecule has 2 aliphatic carbocycles. The summed E-state index contributed by atoms with van der Waals surface area (Å²) in [5.74, 6) is -0.163. The van der Waals surface area contributed by atoms with Gasteiger partial charge < -0.3 is 24.2 Å². The van der Waals surface area contributed by atoms with Gasteiger partial charge in [0.25, 0.3) is 0 Å². The number of nitrogens with one attached hydrogen (secondary N) is 1. The first kappa shape index (κ1) is 32.8. The highest BCUT2D eigenvalue weighted by Gasteiger charge is 2.53. The molecule has 0 amide bonds. The van der Waals surface area contributed by atoms with Gasteiger partial charge in [0.1, 0.15) is 21.9 Å². The standard InChI is InChI=1S/C30H30Cl2F2N2O8S/c1-41-24-8-6-19(12-23(24)35-45(2,39)40)30(9-10-30)28(37)43-26(13-20-21(31)14-36(38)15-22(20)32)18-5-7-25(44-29(33)34)27(11-18)42-16-17-3-4-17/h5-8,11-12,14-15,17,26,29,35H,3-4,9-10,13,16H2,1-2H3. The highest BCUT2D eigenvalue weighted by molar-refractivity contribution is 7.92. The molecule has 10 nitrogen and oxygen atoms in total. The molecule has 1 heterocycles. The number of aromatic nitrogens is 1. The van der Waals surface area contributed by atoms with Crippen LogP contribution in [0.15, 0.2) is 48.8 Å². The molecule has 0 aliphatic heterocycles. The normalized spacial score (nSPS) is 16.2. The van der Waals surface area contributed by atoms with Crippen molar-refractivity contribution in [1.29, 1.82) is 0 Å². The maximum atomic E-state index is 13.9. The van der Waals surface area contributed by atoms with Crippen LogP contribution in [0.3, 0.4) is 0 Å². The number of hydrogen-bond donors (Lipinski definition) is 1. The Bertz CT molecular complexity index is 1680. The molecule has 2 aromatic carbocycles. The van der Waals surface area contributed by atoms with Crippen molar-refractivity contribution in [3.8, 4) is 17.2 Å². The number of alkyl halides is 2. The van der Waals surface area contributed by atoms with Gasteiger partial charge in [-0.1, -0.05) is 35.3 Å². The van der Waals surface area contributed by atoms with Gasteiger partial charge in [-0.2, -0.15) is 13.5 Å². The topological polar surface area (TPSA) is 127 Å². The van der Waals surface area contributed by atoms with E-state index in [9.17, 15) is 27.2 Å². The molecular formula is C30H30Cl2F2N2O8S. The first-order valence-corrected chi connectivity index (χ1v) is 16.6. The quantitative estimate of drug-likeness (QED) is 0.125. The SMILES string of the molecule is COc1ccc(C2(C(=O)OC(Cc3c(Cl)c[n+]([O-])cc3Cl)c3ccc(OC(F)F)c(OCC4CC4)c3)CC2)cc1NS(C)(=O)=O. The summed E-state index contributed by atoms with van der Waals surface area (Å²) in [7, 11) is -2.27. The molecule has 1 N–H and O–H groups in total. The molecule has 1 aromatic heterocycles. The van der Waals surface area contributed by atoms with Crippen LogP contribution in [0.4, 0.5) is 14.5 Å². The van der Waals surface area contributed by atoms with Gasteiger partial charge in [0.05, 0.1) is 31.1 Å². The third kappa shape index (κ3) is 8.00. The average Bonchev–Trinajstić information content (AvgIpc) is 3.88. The molecule has 5 rings (SSSR count). The first-order chi connectivity index (χ1) is 21.3. The summed E-state index contributed by atoms with van der Waals surface area (Å²) in [6.45, 7) is -2.78. The van der Waals surface area contributed by atoms with Crippen molar-refractivity contribution in [3.05, 3.63) is 80.7 Å². The fourth-order valence-electron chi connectivity index (χ4n) is 4.92. The number of nitrogens with zero attached hydrogens (tertiary/aromatic N) is 1. The lowest BCUT2D eigenvalue weighted by molar-refractivity contribution is -0.605. The van der Waals surface area contributed by atoms with Crippen molar-refractivity contribution in [2.45, 2.75) is 50.2 Å². The lowest BCUT2D eigenvalue weighted by Crippen LogP contribution is -2.27. The Balaban J connectivity index is 1.50. The second kappa shape index (κ2) is 13.1. The summed E-state index contributed by atoms with van der Waals surface area (Å²) in [5, 5.41) is 11.9. The minimum Gasteiger partial charge on any atom is -0.619 e. The number of carbonyl (C=O) groups excluding carboxylic acids is 1. The summed E-state index contributed by atoms with van der Waals surface area (Å²) < 4.78 is 75.0. The predicted octanol–water partition coefficient (Wildman–Crippen LogP) is 5.96. The predicted molar refractivity (Wildman–Crippen MR) is 162 cm³/mol. The minimum atomic E-state index is -3.66. The molecule has 0 bridgehead atoms. The Kier molecular flexibility index (Phi) is 9.52. The number of pyridine rings is 1. The van der Waals surface area contributed by atoms with Crippen molar-refractivity contribution < 1.29 is 45.7 Å². The van der Waals surface area contributed by atoms with Gasteiger partial charge in [-0.25, -0.2) is 8.42 Å². The van der Waals surface area contributed by atoms with E-state index in [4.69, 9.17) is 37.4 Å². The van der Waals surface area contributed by atoms with Crippen LogP contribution in [0.1, 0.15) is 48.5 Å². The summed E-state index contributed by atoms with van der Waals surface area (Å²) >= 11 is 12.7. The van der Waals surface area contributed by atoms with E-state index in [-0.39, 0.29) is 39.4 Å². The number of esters is 1. The molecule has 1 unspecified atom stereocenters. The lowest BCUT2D eigenvalue weighted by Gasteiger charge is -2.24. The largest absolute Gasteiger partial charge is 0.619 e. The molecule has 2 fully saturated rings. The molecule has 0 spiro atoms. The Morgan fingerprint density at radius 2 is 1.76 bits per heavy atom. The van der Waals surface area contributed by atoms with Gasteiger partial charge in [-0.15, -0.1) is 0 Å². The highest BCUT2D eigenvalue weighted by Crippen LogP contribution is 2.51. The zero-order chi connectivity index (χ0) is 32.5. The van der Waals surface area contributed by atoms with Crippen molar-refractivity contribution in [1.82, 2.24) is 0 Å². The van der Waals surface area contributed by atoms with Gasteiger partial charge in [0.15, 0.2) is 23.9 Å². The Morgan fingerprint density at radius 1 is 1.09 bits per heavy atom. The third-order valence-electron chi connectivity index (χ3n) is 7.61. The van der Waals surface area contributed by atoms with E-state index in [1.54, 1.807) is 12.1 Å². The monoisotopic (exact) mass is 686 g/mol. The van der Waals surface area contributed by atoms with Crippen molar-refractivity contribution in [2.24, 2.45) is 5.92 Å². The smallest absolute Gasteiger partial charge is 0.387 e. The van der Waals surface area contributed by atoms with Crippen LogP contribution in [-0.4, -0.2) is 41.0 Å². The minimum absolute atomic E-state index is 0.0363. The maximum absolute atomic E-state index is 13.9. The van der Waals surface area contributed by atoms with Crippen molar-refractivity contribution in [2.75, 3.05) is 24.7 Å². The van der Waals surface area contributed by atoms with Crippen LogP contribution in [0.2, 0.25) is 10.0 Å². The summed E-state index contributed by atoms with van der Waals surface area (Å²) in [4.78, 5) is 13.9. The number of rotatable bonds is 14. The second-order valence-electron chi connectivity index (χ2n) is 11.1. The summed E-state index contributed by atoms with van der Waals surface area (Å²) in [6.07, 6.45) is 4.87. The Hall–Kier alpha value is -3.55. The van der Waals surface area contributed by atoms with Crippen molar-refractivity contribution >= 4 is 44.9 Å². The van der Waals surface area contributed by atoms with Gasteiger partial charge >= 0.3 is 12.6 Å². The van der Waals surface area contributed by atoms with E-state index < -0.39 is 34.1 Å². The fraction of sp³-hybridized carbons (Fsp3) is 0.400. The number of methoxy groups -OCH3 is 1. The maximum Gasteiger partial charge on any atom is 0.387 e. The summed E-state index contributed by atoms with van der Waals surface area (Å²) in [6, 6.07) is 9.00. The van der Waals surface area contributed by atoms with Crippen LogP contribution in [0.5, 0.6) is 17.2 Å². The van der Waals surface area contributed by atoms with Gasteiger partial charge in [0.2, 0.25) is 10.0 Å². The van der Waals surface area contributed by atoms with Crippen LogP contribution in [0.25, 0.3) is 0 Å². The lowest BCUT2D eigenvalue weighted by atomic mass is 9.94. The van der Waals surface area contributed by atoms with Crippen molar-refractivity contribution in [3.63, 3.8) is 0 Å². The summed E-state index contributed by atoms with van der Waals surface area (Å²) in [5.41, 5.74) is 0.284. The number of anilines is 1. The molecule has 0 saturated heterocycles. The molecule has 1 atom stereocenters. The number of ether oxygens (including phenoxy) is 4. The van der Waals surface area contributed by atoms with E-state index in [0.29, 0.717) is 46.8 Å². The van der Waals surface area contributed by atoms with Crippen LogP contribution >= 0.6 is 23.2 Å². The molecule has 0 radical (unpaired) electrons.